The molecule has 0 bridgehead atoms. The van der Waals surface area contributed by atoms with E-state index in [1.54, 1.807) is 11.3 Å². The van der Waals surface area contributed by atoms with Crippen molar-refractivity contribution < 1.29 is 9.53 Å². The lowest BCUT2D eigenvalue weighted by Crippen LogP contribution is -2.31. The Morgan fingerprint density at radius 3 is 2.77 bits per heavy atom. The summed E-state index contributed by atoms with van der Waals surface area (Å²) in [6.07, 6.45) is 6.78. The number of hydrogen-bond donors (Lipinski definition) is 1. The molecule has 1 aromatic rings. The van der Waals surface area contributed by atoms with Gasteiger partial charge in [0.1, 0.15) is 0 Å². The monoisotopic (exact) mass is 322 g/mol. The zero-order chi connectivity index (χ0) is 15.6. The molecule has 3 rings (SSSR count). The van der Waals surface area contributed by atoms with Crippen LogP contribution >= 0.6 is 11.3 Å². The summed E-state index contributed by atoms with van der Waals surface area (Å²) in [5.41, 5.74) is 0.810. The van der Waals surface area contributed by atoms with Crippen LogP contribution in [0.3, 0.4) is 0 Å². The molecule has 0 unspecified atom stereocenters. The Morgan fingerprint density at radius 2 is 2.09 bits per heavy atom. The quantitative estimate of drug-likeness (QED) is 0.854. The Bertz CT molecular complexity index is 516. The van der Waals surface area contributed by atoms with Gasteiger partial charge in [0.05, 0.1) is 5.69 Å². The molecule has 1 saturated heterocycles. The number of thiazole rings is 1. The van der Waals surface area contributed by atoms with Crippen molar-refractivity contribution in [3.8, 4) is 0 Å². The average molecular weight is 322 g/mol. The van der Waals surface area contributed by atoms with E-state index in [9.17, 15) is 4.79 Å². The molecule has 2 aliphatic rings. The largest absolute Gasteiger partial charge is 0.381 e. The molecule has 1 aliphatic carbocycles. The third kappa shape index (κ3) is 4.07. The van der Waals surface area contributed by atoms with E-state index in [4.69, 9.17) is 4.74 Å². The number of ether oxygens (including phenoxy) is 1. The molecule has 1 N–H and O–H groups in total. The number of aromatic nitrogens is 1. The van der Waals surface area contributed by atoms with Gasteiger partial charge in [-0.2, -0.15) is 0 Å². The van der Waals surface area contributed by atoms with Gasteiger partial charge in [0.15, 0.2) is 5.13 Å². The lowest BCUT2D eigenvalue weighted by Gasteiger charge is -2.27. The van der Waals surface area contributed by atoms with Crippen LogP contribution in [0.25, 0.3) is 0 Å². The van der Waals surface area contributed by atoms with Crippen molar-refractivity contribution in [3.63, 3.8) is 0 Å². The highest BCUT2D eigenvalue weighted by Crippen LogP contribution is 2.41. The lowest BCUT2D eigenvalue weighted by atomic mass is 9.82. The van der Waals surface area contributed by atoms with E-state index in [1.165, 1.54) is 12.8 Å². The summed E-state index contributed by atoms with van der Waals surface area (Å²) in [6, 6.07) is 0. The van der Waals surface area contributed by atoms with E-state index in [1.807, 2.05) is 13.8 Å². The maximum atomic E-state index is 12.5. The molecule has 1 saturated carbocycles. The van der Waals surface area contributed by atoms with Crippen LogP contribution in [0.4, 0.5) is 5.13 Å². The van der Waals surface area contributed by atoms with E-state index in [0.717, 1.165) is 49.7 Å². The molecule has 2 heterocycles. The fourth-order valence-electron chi connectivity index (χ4n) is 2.89. The third-order valence-electron chi connectivity index (χ3n) is 4.87. The Hall–Kier alpha value is -0.940. The molecule has 4 nitrogen and oxygen atoms in total. The maximum Gasteiger partial charge on any atom is 0.231 e. The summed E-state index contributed by atoms with van der Waals surface area (Å²) < 4.78 is 5.40. The molecule has 0 aromatic carbocycles. The van der Waals surface area contributed by atoms with Gasteiger partial charge in [0.2, 0.25) is 5.91 Å². The first-order valence-electron chi connectivity index (χ1n) is 8.39. The highest BCUT2D eigenvalue weighted by atomic mass is 32.1. The molecule has 0 spiro atoms. The standard InChI is InChI=1S/C17H26N2O2S/c1-17(2,8-5-12-6-9-21-10-7-12)15(20)19-16-18-14(11-22-16)13-3-4-13/h11-13H,3-10H2,1-2H3,(H,18,19,20). The second kappa shape index (κ2) is 6.67. The van der Waals surface area contributed by atoms with Gasteiger partial charge in [-0.15, -0.1) is 11.3 Å². The van der Waals surface area contributed by atoms with Crippen molar-refractivity contribution in [2.45, 2.75) is 58.3 Å². The van der Waals surface area contributed by atoms with Gasteiger partial charge in [-0.3, -0.25) is 4.79 Å². The number of hydrogen-bond acceptors (Lipinski definition) is 4. The molecule has 1 amide bonds. The number of amides is 1. The maximum absolute atomic E-state index is 12.5. The summed E-state index contributed by atoms with van der Waals surface area (Å²) in [5, 5.41) is 5.86. The minimum Gasteiger partial charge on any atom is -0.381 e. The first kappa shape index (κ1) is 15.9. The predicted molar refractivity (Wildman–Crippen MR) is 89.3 cm³/mol. The SMILES string of the molecule is CC(C)(CCC1CCOCC1)C(=O)Nc1nc(C2CC2)cs1. The Kier molecular flexibility index (Phi) is 4.83. The number of nitrogens with one attached hydrogen (secondary N) is 1. The van der Waals surface area contributed by atoms with Crippen molar-refractivity contribution in [2.75, 3.05) is 18.5 Å². The van der Waals surface area contributed by atoms with Crippen molar-refractivity contribution in [2.24, 2.45) is 11.3 Å². The van der Waals surface area contributed by atoms with Gasteiger partial charge in [-0.25, -0.2) is 4.98 Å². The molecule has 5 heteroatoms. The van der Waals surface area contributed by atoms with Crippen LogP contribution in [0.15, 0.2) is 5.38 Å². The minimum absolute atomic E-state index is 0.0938. The number of anilines is 1. The lowest BCUT2D eigenvalue weighted by molar-refractivity contribution is -0.124. The number of carbonyl (C=O) groups excluding carboxylic acids is 1. The van der Waals surface area contributed by atoms with Crippen molar-refractivity contribution in [1.29, 1.82) is 0 Å². The molecule has 1 aromatic heterocycles. The van der Waals surface area contributed by atoms with Crippen LogP contribution in [0.2, 0.25) is 0 Å². The van der Waals surface area contributed by atoms with Crippen LogP contribution in [0.5, 0.6) is 0 Å². The van der Waals surface area contributed by atoms with Crippen LogP contribution in [-0.4, -0.2) is 24.1 Å². The molecular formula is C17H26N2O2S. The fraction of sp³-hybridized carbons (Fsp3) is 0.765. The van der Waals surface area contributed by atoms with Gasteiger partial charge in [-0.05, 0) is 44.4 Å². The summed E-state index contributed by atoms with van der Waals surface area (Å²) in [5.74, 6) is 1.45. The van der Waals surface area contributed by atoms with Crippen LogP contribution < -0.4 is 5.32 Å². The molecule has 122 valence electrons. The first-order chi connectivity index (χ1) is 10.5. The van der Waals surface area contributed by atoms with Gasteiger partial charge in [0, 0.05) is 29.9 Å². The van der Waals surface area contributed by atoms with Crippen molar-refractivity contribution >= 4 is 22.4 Å². The molecule has 22 heavy (non-hydrogen) atoms. The summed E-state index contributed by atoms with van der Waals surface area (Å²) in [7, 11) is 0. The molecular weight excluding hydrogens is 296 g/mol. The molecule has 1 aliphatic heterocycles. The Morgan fingerprint density at radius 1 is 1.36 bits per heavy atom. The van der Waals surface area contributed by atoms with Crippen LogP contribution in [0.1, 0.15) is 64.0 Å². The zero-order valence-corrected chi connectivity index (χ0v) is 14.4. The van der Waals surface area contributed by atoms with E-state index in [-0.39, 0.29) is 11.3 Å². The second-order valence-electron chi connectivity index (χ2n) is 7.28. The summed E-state index contributed by atoms with van der Waals surface area (Å²) in [6.45, 7) is 5.83. The van der Waals surface area contributed by atoms with Crippen molar-refractivity contribution in [1.82, 2.24) is 4.98 Å². The Balaban J connectivity index is 1.50. The summed E-state index contributed by atoms with van der Waals surface area (Å²) in [4.78, 5) is 17.1. The average Bonchev–Trinajstić information content (AvgIpc) is 3.27. The summed E-state index contributed by atoms with van der Waals surface area (Å²) >= 11 is 1.55. The topological polar surface area (TPSA) is 51.2 Å². The van der Waals surface area contributed by atoms with Gasteiger partial charge in [-0.1, -0.05) is 13.8 Å². The van der Waals surface area contributed by atoms with E-state index in [0.29, 0.717) is 11.8 Å². The van der Waals surface area contributed by atoms with Crippen LogP contribution in [-0.2, 0) is 9.53 Å². The molecule has 0 radical (unpaired) electrons. The second-order valence-corrected chi connectivity index (χ2v) is 8.14. The zero-order valence-electron chi connectivity index (χ0n) is 13.6. The number of nitrogens with zero attached hydrogens (tertiary/aromatic N) is 1. The highest BCUT2D eigenvalue weighted by Gasteiger charge is 2.30. The van der Waals surface area contributed by atoms with Crippen molar-refractivity contribution in [3.05, 3.63) is 11.1 Å². The Labute approximate surface area is 136 Å². The van der Waals surface area contributed by atoms with Gasteiger partial charge in [0.25, 0.3) is 0 Å². The minimum atomic E-state index is -0.344. The third-order valence-corrected chi connectivity index (χ3v) is 5.65. The number of rotatable bonds is 6. The predicted octanol–water partition coefficient (Wildman–Crippen LogP) is 4.19. The smallest absolute Gasteiger partial charge is 0.231 e. The first-order valence-corrected chi connectivity index (χ1v) is 9.27. The van der Waals surface area contributed by atoms with Gasteiger partial charge < -0.3 is 10.1 Å². The van der Waals surface area contributed by atoms with E-state index < -0.39 is 0 Å². The fourth-order valence-corrected chi connectivity index (χ4v) is 3.68. The van der Waals surface area contributed by atoms with E-state index in [2.05, 4.69) is 15.7 Å². The highest BCUT2D eigenvalue weighted by molar-refractivity contribution is 7.13. The van der Waals surface area contributed by atoms with Gasteiger partial charge >= 0.3 is 0 Å². The molecule has 0 atom stereocenters. The number of carbonyl (C=O) groups is 1. The normalized spacial score (nSPS) is 20.1. The molecule has 2 fully saturated rings. The van der Waals surface area contributed by atoms with Crippen LogP contribution in [0, 0.1) is 11.3 Å². The van der Waals surface area contributed by atoms with E-state index >= 15 is 0 Å².